The van der Waals surface area contributed by atoms with Crippen molar-refractivity contribution in [2.45, 2.75) is 38.6 Å². The van der Waals surface area contributed by atoms with E-state index in [-0.39, 0.29) is 30.0 Å². The normalized spacial score (nSPS) is 14.9. The predicted octanol–water partition coefficient (Wildman–Crippen LogP) is 2.20. The SMILES string of the molecule is CCOC(=O)N1CCC(NC(=O)CCc2cc3ccccc3[nH]c2=O)CC1. The highest BCUT2D eigenvalue weighted by molar-refractivity contribution is 5.79. The van der Waals surface area contributed by atoms with Crippen LogP contribution in [-0.2, 0) is 16.0 Å². The molecule has 1 aromatic heterocycles. The lowest BCUT2D eigenvalue weighted by Crippen LogP contribution is -2.46. The van der Waals surface area contributed by atoms with Crippen LogP contribution in [0.1, 0.15) is 31.7 Å². The first-order valence-corrected chi connectivity index (χ1v) is 9.39. The van der Waals surface area contributed by atoms with Crippen molar-refractivity contribution in [1.29, 1.82) is 0 Å². The van der Waals surface area contributed by atoms with E-state index in [2.05, 4.69) is 10.3 Å². The fourth-order valence-electron chi connectivity index (χ4n) is 3.35. The zero-order valence-corrected chi connectivity index (χ0v) is 15.5. The highest BCUT2D eigenvalue weighted by Gasteiger charge is 2.24. The van der Waals surface area contributed by atoms with E-state index in [9.17, 15) is 14.4 Å². The lowest BCUT2D eigenvalue weighted by Gasteiger charge is -2.31. The van der Waals surface area contributed by atoms with Crippen molar-refractivity contribution in [3.63, 3.8) is 0 Å². The third-order valence-corrected chi connectivity index (χ3v) is 4.84. The third-order valence-electron chi connectivity index (χ3n) is 4.84. The van der Waals surface area contributed by atoms with Gasteiger partial charge in [-0.3, -0.25) is 9.59 Å². The maximum absolute atomic E-state index is 12.2. The summed E-state index contributed by atoms with van der Waals surface area (Å²) >= 11 is 0. The molecule has 1 aliphatic rings. The smallest absolute Gasteiger partial charge is 0.409 e. The quantitative estimate of drug-likeness (QED) is 0.843. The van der Waals surface area contributed by atoms with Crippen LogP contribution in [0.2, 0.25) is 0 Å². The number of aromatic amines is 1. The van der Waals surface area contributed by atoms with E-state index in [1.165, 1.54) is 0 Å². The molecule has 2 aromatic rings. The summed E-state index contributed by atoms with van der Waals surface area (Å²) in [6.07, 6.45) is 1.79. The van der Waals surface area contributed by atoms with Crippen LogP contribution < -0.4 is 10.9 Å². The summed E-state index contributed by atoms with van der Waals surface area (Å²) in [6.45, 7) is 3.30. The summed E-state index contributed by atoms with van der Waals surface area (Å²) in [5.41, 5.74) is 1.26. The second-order valence-electron chi connectivity index (χ2n) is 6.74. The number of ether oxygens (including phenoxy) is 1. The monoisotopic (exact) mass is 371 g/mol. The number of aryl methyl sites for hydroxylation is 1. The van der Waals surface area contributed by atoms with Gasteiger partial charge in [0.25, 0.3) is 5.56 Å². The summed E-state index contributed by atoms with van der Waals surface area (Å²) in [5.74, 6) is -0.0721. The number of nitrogens with zero attached hydrogens (tertiary/aromatic N) is 1. The molecule has 27 heavy (non-hydrogen) atoms. The van der Waals surface area contributed by atoms with E-state index in [1.807, 2.05) is 30.3 Å². The Bertz CT molecular complexity index is 869. The van der Waals surface area contributed by atoms with E-state index in [1.54, 1.807) is 11.8 Å². The Labute approximate surface area is 157 Å². The highest BCUT2D eigenvalue weighted by Crippen LogP contribution is 2.13. The average Bonchev–Trinajstić information content (AvgIpc) is 2.67. The number of fused-ring (bicyclic) bond motifs is 1. The Balaban J connectivity index is 1.49. The number of hydrogen-bond donors (Lipinski definition) is 2. The van der Waals surface area contributed by atoms with Gasteiger partial charge in [0, 0.05) is 36.6 Å². The van der Waals surface area contributed by atoms with Gasteiger partial charge in [-0.15, -0.1) is 0 Å². The van der Waals surface area contributed by atoms with E-state index < -0.39 is 0 Å². The summed E-state index contributed by atoms with van der Waals surface area (Å²) in [6, 6.07) is 9.48. The molecule has 0 unspecified atom stereocenters. The largest absolute Gasteiger partial charge is 0.450 e. The molecule has 7 nitrogen and oxygen atoms in total. The molecule has 0 spiro atoms. The molecule has 0 bridgehead atoms. The van der Waals surface area contributed by atoms with Gasteiger partial charge in [0.15, 0.2) is 0 Å². The number of pyridine rings is 1. The first kappa shape index (κ1) is 18.9. The van der Waals surface area contributed by atoms with E-state index in [0.29, 0.717) is 44.5 Å². The molecular weight excluding hydrogens is 346 g/mol. The molecule has 2 N–H and O–H groups in total. The van der Waals surface area contributed by atoms with Gasteiger partial charge in [-0.2, -0.15) is 0 Å². The molecule has 144 valence electrons. The summed E-state index contributed by atoms with van der Waals surface area (Å²) in [5, 5.41) is 3.96. The minimum Gasteiger partial charge on any atom is -0.450 e. The van der Waals surface area contributed by atoms with Crippen LogP contribution in [0, 0.1) is 0 Å². The zero-order valence-electron chi connectivity index (χ0n) is 15.5. The molecule has 0 saturated carbocycles. The number of carbonyl (C=O) groups excluding carboxylic acids is 2. The Hall–Kier alpha value is -2.83. The second-order valence-corrected chi connectivity index (χ2v) is 6.74. The molecule has 1 aromatic carbocycles. The molecule has 0 atom stereocenters. The number of H-pyrrole nitrogens is 1. The first-order valence-electron chi connectivity index (χ1n) is 9.39. The number of amides is 2. The van der Waals surface area contributed by atoms with Crippen LogP contribution in [0.3, 0.4) is 0 Å². The summed E-state index contributed by atoms with van der Waals surface area (Å²) < 4.78 is 4.99. The standard InChI is InChI=1S/C20H25N3O4/c1-2-27-20(26)23-11-9-16(10-12-23)21-18(24)8-7-15-13-14-5-3-4-6-17(14)22-19(15)25/h3-6,13,16H,2,7-12H2,1H3,(H,21,24)(H,22,25). The molecule has 2 amide bonds. The minimum atomic E-state index is -0.294. The number of rotatable bonds is 5. The van der Waals surface area contributed by atoms with E-state index >= 15 is 0 Å². The maximum atomic E-state index is 12.2. The van der Waals surface area contributed by atoms with Crippen molar-refractivity contribution >= 4 is 22.9 Å². The fraction of sp³-hybridized carbons (Fsp3) is 0.450. The topological polar surface area (TPSA) is 91.5 Å². The van der Waals surface area contributed by atoms with Crippen molar-refractivity contribution < 1.29 is 14.3 Å². The van der Waals surface area contributed by atoms with Gasteiger partial charge in [-0.25, -0.2) is 4.79 Å². The number of benzene rings is 1. The summed E-state index contributed by atoms with van der Waals surface area (Å²) in [4.78, 5) is 40.6. The average molecular weight is 371 g/mol. The van der Waals surface area contributed by atoms with Crippen LogP contribution in [-0.4, -0.2) is 47.6 Å². The lowest BCUT2D eigenvalue weighted by molar-refractivity contribution is -0.122. The molecule has 0 aliphatic carbocycles. The Morgan fingerprint density at radius 3 is 2.74 bits per heavy atom. The molecule has 7 heteroatoms. The van der Waals surface area contributed by atoms with E-state index in [0.717, 1.165) is 10.9 Å². The molecular formula is C20H25N3O4. The molecule has 0 radical (unpaired) electrons. The van der Waals surface area contributed by atoms with Crippen LogP contribution in [0.15, 0.2) is 35.1 Å². The van der Waals surface area contributed by atoms with Crippen LogP contribution in [0.25, 0.3) is 10.9 Å². The first-order chi connectivity index (χ1) is 13.1. The predicted molar refractivity (Wildman–Crippen MR) is 103 cm³/mol. The number of para-hydroxylation sites is 1. The van der Waals surface area contributed by atoms with Crippen molar-refractivity contribution in [2.24, 2.45) is 0 Å². The van der Waals surface area contributed by atoms with E-state index in [4.69, 9.17) is 4.74 Å². The van der Waals surface area contributed by atoms with Gasteiger partial charge < -0.3 is 19.9 Å². The van der Waals surface area contributed by atoms with Crippen LogP contribution in [0.5, 0.6) is 0 Å². The van der Waals surface area contributed by atoms with Crippen LogP contribution in [0.4, 0.5) is 4.79 Å². The number of nitrogens with one attached hydrogen (secondary N) is 2. The second kappa shape index (κ2) is 8.70. The number of aromatic nitrogens is 1. The van der Waals surface area contributed by atoms with Gasteiger partial charge in [-0.05, 0) is 43.7 Å². The maximum Gasteiger partial charge on any atom is 0.409 e. The molecule has 1 fully saturated rings. The highest BCUT2D eigenvalue weighted by atomic mass is 16.6. The number of likely N-dealkylation sites (tertiary alicyclic amines) is 1. The Morgan fingerprint density at radius 2 is 2.00 bits per heavy atom. The fourth-order valence-corrected chi connectivity index (χ4v) is 3.35. The number of carbonyl (C=O) groups is 2. The Kier molecular flexibility index (Phi) is 6.11. The molecule has 3 rings (SSSR count). The van der Waals surface area contributed by atoms with Gasteiger partial charge in [0.05, 0.1) is 6.61 Å². The van der Waals surface area contributed by atoms with Crippen molar-refractivity contribution in [2.75, 3.05) is 19.7 Å². The molecule has 1 saturated heterocycles. The number of piperidine rings is 1. The molecule has 1 aliphatic heterocycles. The third kappa shape index (κ3) is 4.87. The van der Waals surface area contributed by atoms with Crippen molar-refractivity contribution in [3.8, 4) is 0 Å². The van der Waals surface area contributed by atoms with Crippen molar-refractivity contribution in [1.82, 2.24) is 15.2 Å². The summed E-state index contributed by atoms with van der Waals surface area (Å²) in [7, 11) is 0. The lowest BCUT2D eigenvalue weighted by atomic mass is 10.0. The zero-order chi connectivity index (χ0) is 19.2. The molecule has 2 heterocycles. The van der Waals surface area contributed by atoms with Gasteiger partial charge >= 0.3 is 6.09 Å². The van der Waals surface area contributed by atoms with Crippen LogP contribution >= 0.6 is 0 Å². The van der Waals surface area contributed by atoms with Gasteiger partial charge in [0.2, 0.25) is 5.91 Å². The van der Waals surface area contributed by atoms with Gasteiger partial charge in [-0.1, -0.05) is 18.2 Å². The number of hydrogen-bond acceptors (Lipinski definition) is 4. The Morgan fingerprint density at radius 1 is 1.26 bits per heavy atom. The van der Waals surface area contributed by atoms with Gasteiger partial charge in [0.1, 0.15) is 0 Å². The van der Waals surface area contributed by atoms with Crippen molar-refractivity contribution in [3.05, 3.63) is 46.2 Å². The minimum absolute atomic E-state index is 0.0538.